The van der Waals surface area contributed by atoms with Gasteiger partial charge in [0, 0.05) is 4.90 Å². The molecule has 0 radical (unpaired) electrons. The highest BCUT2D eigenvalue weighted by Gasteiger charge is 2.01. The van der Waals surface area contributed by atoms with Gasteiger partial charge in [-0.3, -0.25) is 0 Å². The molecule has 0 spiro atoms. The number of hydrogen-bond donors (Lipinski definition) is 2. The van der Waals surface area contributed by atoms with Crippen molar-refractivity contribution in [1.29, 1.82) is 0 Å². The third-order valence-electron chi connectivity index (χ3n) is 1.75. The molecule has 12 heavy (non-hydrogen) atoms. The van der Waals surface area contributed by atoms with E-state index in [9.17, 15) is 0 Å². The lowest BCUT2D eigenvalue weighted by molar-refractivity contribution is 1.36. The molecule has 1 heterocycles. The van der Waals surface area contributed by atoms with E-state index in [4.69, 9.17) is 0 Å². The quantitative estimate of drug-likeness (QED) is 0.629. The minimum atomic E-state index is -0.148. The van der Waals surface area contributed by atoms with Gasteiger partial charge in [-0.1, -0.05) is 12.2 Å². The highest BCUT2D eigenvalue weighted by Crippen LogP contribution is 2.41. The molecule has 1 aliphatic rings. The van der Waals surface area contributed by atoms with Gasteiger partial charge < -0.3 is 0 Å². The van der Waals surface area contributed by atoms with Crippen LogP contribution in [0.15, 0.2) is 57.0 Å². The van der Waals surface area contributed by atoms with Crippen molar-refractivity contribution < 1.29 is 0 Å². The number of hydrogen-bond acceptors (Lipinski definition) is 1. The van der Waals surface area contributed by atoms with E-state index in [0.717, 1.165) is 4.90 Å². The van der Waals surface area contributed by atoms with Crippen LogP contribution in [0.5, 0.6) is 0 Å². The molecule has 0 N–H and O–H groups in total. The molecule has 0 bridgehead atoms. The third-order valence-corrected chi connectivity index (χ3v) is 3.93. The second-order valence-corrected chi connectivity index (χ2v) is 5.05. The summed E-state index contributed by atoms with van der Waals surface area (Å²) in [4.78, 5) is 2.42. The molecule has 0 aliphatic carbocycles. The van der Waals surface area contributed by atoms with Crippen LogP contribution in [0, 0.1) is 0 Å². The van der Waals surface area contributed by atoms with Crippen molar-refractivity contribution in [3.8, 4) is 0 Å². The summed E-state index contributed by atoms with van der Waals surface area (Å²) in [6.45, 7) is 0. The molecule has 2 rings (SSSR count). The molecule has 1 aliphatic heterocycles. The van der Waals surface area contributed by atoms with E-state index in [0.29, 0.717) is 0 Å². The molecule has 2 heteroatoms. The normalized spacial score (nSPS) is 17.2. The van der Waals surface area contributed by atoms with Crippen LogP contribution in [0.2, 0.25) is 0 Å². The molecule has 0 aromatic heterocycles. The third kappa shape index (κ3) is 1.59. The summed E-state index contributed by atoms with van der Waals surface area (Å²) >= 11 is 4.25. The summed E-state index contributed by atoms with van der Waals surface area (Å²) in [6.07, 6.45) is 4.22. The molecule has 0 saturated heterocycles. The lowest BCUT2D eigenvalue weighted by Crippen LogP contribution is -1.73. The maximum Gasteiger partial charge on any atom is 0.00407 e. The van der Waals surface area contributed by atoms with Gasteiger partial charge in [0.2, 0.25) is 0 Å². The fraction of sp³-hybridized carbons (Fsp3) is 0. The van der Waals surface area contributed by atoms with Gasteiger partial charge in [-0.15, -0.1) is 12.6 Å². The van der Waals surface area contributed by atoms with Crippen molar-refractivity contribution in [2.75, 3.05) is 0 Å². The van der Waals surface area contributed by atoms with Crippen molar-refractivity contribution in [1.82, 2.24) is 0 Å². The molecule has 62 valence electrons. The molecule has 0 unspecified atom stereocenters. The number of benzene rings is 1. The van der Waals surface area contributed by atoms with E-state index in [1.165, 1.54) is 4.90 Å². The fourth-order valence-corrected chi connectivity index (χ4v) is 2.79. The number of thiol groups is 2. The second-order valence-electron chi connectivity index (χ2n) is 2.61. The van der Waals surface area contributed by atoms with Crippen LogP contribution in [0.3, 0.4) is 0 Å². The molecule has 0 nitrogen and oxygen atoms in total. The van der Waals surface area contributed by atoms with Crippen LogP contribution in [-0.4, -0.2) is 0 Å². The number of allylic oxidation sites excluding steroid dienone is 2. The van der Waals surface area contributed by atoms with Crippen LogP contribution in [0.25, 0.3) is 0 Å². The minimum Gasteiger partial charge on any atom is -0.186 e. The topological polar surface area (TPSA) is 0 Å². The van der Waals surface area contributed by atoms with Crippen molar-refractivity contribution >= 4 is 23.5 Å². The van der Waals surface area contributed by atoms with Gasteiger partial charge in [0.25, 0.3) is 0 Å². The van der Waals surface area contributed by atoms with Crippen LogP contribution < -0.4 is 0 Å². The molecular weight excluding hydrogens is 184 g/mol. The van der Waals surface area contributed by atoms with Crippen LogP contribution >= 0.6 is 23.5 Å². The molecule has 1 aromatic carbocycles. The maximum atomic E-state index is 4.25. The first-order chi connectivity index (χ1) is 5.86. The fourth-order valence-electron chi connectivity index (χ4n) is 1.13. The van der Waals surface area contributed by atoms with Crippen molar-refractivity contribution in [2.45, 2.75) is 9.79 Å². The molecule has 0 fully saturated rings. The van der Waals surface area contributed by atoms with E-state index in [1.54, 1.807) is 0 Å². The highest BCUT2D eigenvalue weighted by molar-refractivity contribution is 8.22. The zero-order chi connectivity index (χ0) is 8.39. The summed E-state index contributed by atoms with van der Waals surface area (Å²) in [5.74, 6) is 0. The average molecular weight is 194 g/mol. The van der Waals surface area contributed by atoms with Gasteiger partial charge in [0.1, 0.15) is 0 Å². The van der Waals surface area contributed by atoms with E-state index in [2.05, 4.69) is 47.7 Å². The van der Waals surface area contributed by atoms with Gasteiger partial charge in [0.15, 0.2) is 0 Å². The second kappa shape index (κ2) is 3.42. The average Bonchev–Trinajstić information content (AvgIpc) is 2.58. The van der Waals surface area contributed by atoms with E-state index in [1.807, 2.05) is 12.1 Å². The van der Waals surface area contributed by atoms with Gasteiger partial charge in [0.05, 0.1) is 0 Å². The Bertz CT molecular complexity index is 310. The summed E-state index contributed by atoms with van der Waals surface area (Å²) < 4.78 is 0. The van der Waals surface area contributed by atoms with Crippen LogP contribution in [-0.2, 0) is 0 Å². The minimum absolute atomic E-state index is 0.148. The Labute approximate surface area is 80.8 Å². The summed E-state index contributed by atoms with van der Waals surface area (Å²) in [7, 11) is -0.148. The molecule has 0 amide bonds. The van der Waals surface area contributed by atoms with Crippen molar-refractivity contribution in [3.05, 3.63) is 47.2 Å². The highest BCUT2D eigenvalue weighted by atomic mass is 32.2. The Morgan fingerprint density at radius 3 is 2.08 bits per heavy atom. The van der Waals surface area contributed by atoms with Crippen molar-refractivity contribution in [2.24, 2.45) is 0 Å². The summed E-state index contributed by atoms with van der Waals surface area (Å²) in [5, 5.41) is 4.51. The SMILES string of the molecule is Sc1ccc([SH]2C=CC=C2)cc1. The molecule has 0 saturated carbocycles. The molecular formula is C10H10S2. The molecule has 0 atom stereocenters. The van der Waals surface area contributed by atoms with Crippen molar-refractivity contribution in [3.63, 3.8) is 0 Å². The smallest absolute Gasteiger partial charge is 0.00407 e. The van der Waals surface area contributed by atoms with Crippen LogP contribution in [0.1, 0.15) is 0 Å². The standard InChI is InChI=1S/C10H10S2/c11-9-3-5-10(6-4-9)12-7-1-2-8-12/h1-8,11-12H. The molecule has 1 aromatic rings. The van der Waals surface area contributed by atoms with E-state index < -0.39 is 0 Å². The first-order valence-electron chi connectivity index (χ1n) is 3.78. The van der Waals surface area contributed by atoms with Gasteiger partial charge in [-0.05, 0) is 40.0 Å². The Kier molecular flexibility index (Phi) is 2.28. The van der Waals surface area contributed by atoms with Gasteiger partial charge >= 0.3 is 0 Å². The zero-order valence-corrected chi connectivity index (χ0v) is 8.30. The Hall–Kier alpha value is -0.600. The first-order valence-corrected chi connectivity index (χ1v) is 5.71. The summed E-state index contributed by atoms with van der Waals surface area (Å²) in [6, 6.07) is 8.38. The largest absolute Gasteiger partial charge is 0.186 e. The monoisotopic (exact) mass is 194 g/mol. The van der Waals surface area contributed by atoms with Gasteiger partial charge in [-0.2, -0.15) is 10.9 Å². The van der Waals surface area contributed by atoms with E-state index >= 15 is 0 Å². The lowest BCUT2D eigenvalue weighted by Gasteiger charge is -2.09. The maximum absolute atomic E-state index is 4.25. The van der Waals surface area contributed by atoms with Crippen LogP contribution in [0.4, 0.5) is 0 Å². The first kappa shape index (κ1) is 8.02. The predicted molar refractivity (Wildman–Crippen MR) is 59.2 cm³/mol. The Morgan fingerprint density at radius 1 is 0.917 bits per heavy atom. The summed E-state index contributed by atoms with van der Waals surface area (Å²) in [5.41, 5.74) is 0. The number of rotatable bonds is 1. The zero-order valence-electron chi connectivity index (χ0n) is 6.51. The Balaban J connectivity index is 2.29. The predicted octanol–water partition coefficient (Wildman–Crippen LogP) is 3.38. The lowest BCUT2D eigenvalue weighted by atomic mass is 10.4. The van der Waals surface area contributed by atoms with E-state index in [-0.39, 0.29) is 10.9 Å². The Morgan fingerprint density at radius 2 is 1.50 bits per heavy atom. The van der Waals surface area contributed by atoms with Gasteiger partial charge in [-0.25, -0.2) is 0 Å².